The van der Waals surface area contributed by atoms with Crippen LogP contribution in [0.15, 0.2) is 0 Å². The molecule has 0 aromatic heterocycles. The number of rotatable bonds is 0. The van der Waals surface area contributed by atoms with Crippen LogP contribution in [0.3, 0.4) is 0 Å². The molecule has 5 heteroatoms. The highest BCUT2D eigenvalue weighted by molar-refractivity contribution is 5.53. The van der Waals surface area contributed by atoms with Crippen molar-refractivity contribution in [2.45, 2.75) is 0 Å². The fraction of sp³-hybridized carbons (Fsp3) is 0.667. The van der Waals surface area contributed by atoms with Gasteiger partial charge in [0.25, 0.3) is 0 Å². The molecule has 0 spiro atoms. The van der Waals surface area contributed by atoms with Crippen molar-refractivity contribution in [1.29, 1.82) is 0 Å². The SMILES string of the molecule is CO.CO.O=C(O)O. The third kappa shape index (κ3) is 139. The maximum atomic E-state index is 8.56. The normalized spacial score (nSPS) is 4.50. The van der Waals surface area contributed by atoms with Crippen LogP contribution in [-0.4, -0.2) is 40.8 Å². The van der Waals surface area contributed by atoms with Gasteiger partial charge in [0.2, 0.25) is 0 Å². The van der Waals surface area contributed by atoms with Gasteiger partial charge in [-0.25, -0.2) is 4.79 Å². The molecule has 0 saturated carbocycles. The Kier molecular flexibility index (Phi) is 68.2. The summed E-state index contributed by atoms with van der Waals surface area (Å²) in [7, 11) is 2.00. The Morgan fingerprint density at radius 1 is 1.00 bits per heavy atom. The molecule has 0 fully saturated rings. The Hall–Kier alpha value is -0.810. The summed E-state index contributed by atoms with van der Waals surface area (Å²) < 4.78 is 0. The zero-order valence-corrected chi connectivity index (χ0v) is 4.70. The topological polar surface area (TPSA) is 98.0 Å². The summed E-state index contributed by atoms with van der Waals surface area (Å²) in [6.45, 7) is 0. The molecule has 0 aliphatic heterocycles. The molecule has 4 N–H and O–H groups in total. The van der Waals surface area contributed by atoms with E-state index in [0.717, 1.165) is 14.2 Å². The van der Waals surface area contributed by atoms with Gasteiger partial charge in [-0.15, -0.1) is 0 Å². The minimum atomic E-state index is -1.83. The van der Waals surface area contributed by atoms with Crippen LogP contribution in [-0.2, 0) is 0 Å². The number of hydrogen-bond donors (Lipinski definition) is 4. The minimum absolute atomic E-state index is 1.00. The monoisotopic (exact) mass is 126 g/mol. The van der Waals surface area contributed by atoms with Crippen molar-refractivity contribution >= 4 is 6.16 Å². The van der Waals surface area contributed by atoms with Crippen molar-refractivity contribution in [1.82, 2.24) is 0 Å². The molecule has 0 aromatic carbocycles. The van der Waals surface area contributed by atoms with E-state index >= 15 is 0 Å². The number of carbonyl (C=O) groups is 1. The Morgan fingerprint density at radius 2 is 1.00 bits per heavy atom. The molecular weight excluding hydrogens is 116 g/mol. The Labute approximate surface area is 46.8 Å². The van der Waals surface area contributed by atoms with Crippen LogP contribution >= 0.6 is 0 Å². The molecule has 8 heavy (non-hydrogen) atoms. The molecule has 0 aliphatic rings. The van der Waals surface area contributed by atoms with Gasteiger partial charge < -0.3 is 20.4 Å². The summed E-state index contributed by atoms with van der Waals surface area (Å²) in [5.41, 5.74) is 0. The zero-order chi connectivity index (χ0) is 7.58. The van der Waals surface area contributed by atoms with Gasteiger partial charge in [-0.1, -0.05) is 0 Å². The molecule has 0 unspecified atom stereocenters. The summed E-state index contributed by atoms with van der Waals surface area (Å²) >= 11 is 0. The number of aliphatic hydroxyl groups excluding tert-OH is 2. The zero-order valence-electron chi connectivity index (χ0n) is 4.70. The van der Waals surface area contributed by atoms with Gasteiger partial charge >= 0.3 is 6.16 Å². The first-order valence-corrected chi connectivity index (χ1v) is 1.55. The molecule has 52 valence electrons. The average Bonchev–Trinajstić information content (AvgIpc) is 1.75. The first-order valence-electron chi connectivity index (χ1n) is 1.55. The molecule has 0 aromatic rings. The van der Waals surface area contributed by atoms with E-state index in [4.69, 9.17) is 25.2 Å². The van der Waals surface area contributed by atoms with Crippen molar-refractivity contribution in [3.63, 3.8) is 0 Å². The van der Waals surface area contributed by atoms with Gasteiger partial charge in [0.15, 0.2) is 0 Å². The van der Waals surface area contributed by atoms with E-state index in [1.807, 2.05) is 0 Å². The van der Waals surface area contributed by atoms with Crippen LogP contribution in [0.1, 0.15) is 0 Å². The lowest BCUT2D eigenvalue weighted by molar-refractivity contribution is 0.137. The van der Waals surface area contributed by atoms with Crippen molar-refractivity contribution in [3.05, 3.63) is 0 Å². The Bertz CT molecular complexity index is 30.7. The molecule has 0 bridgehead atoms. The maximum absolute atomic E-state index is 8.56. The summed E-state index contributed by atoms with van der Waals surface area (Å²) in [5.74, 6) is 0. The fourth-order valence-electron chi connectivity index (χ4n) is 0. The second-order valence-corrected chi connectivity index (χ2v) is 0.283. The summed E-state index contributed by atoms with van der Waals surface area (Å²) in [6.07, 6.45) is -1.83. The van der Waals surface area contributed by atoms with Gasteiger partial charge in [0.1, 0.15) is 0 Å². The maximum Gasteiger partial charge on any atom is 0.503 e. The van der Waals surface area contributed by atoms with E-state index in [1.54, 1.807) is 0 Å². The third-order valence-electron chi connectivity index (χ3n) is 0. The standard InChI is InChI=1S/CH2O3.2CH4O/c2-1(3)4;2*1-2/h(H2,2,3,4);2*2H,1H3. The van der Waals surface area contributed by atoms with Gasteiger partial charge in [0, 0.05) is 14.2 Å². The molecule has 0 amide bonds. The molecule has 0 heterocycles. The van der Waals surface area contributed by atoms with Crippen LogP contribution in [0.2, 0.25) is 0 Å². The number of carboxylic acid groups (broad SMARTS) is 2. The van der Waals surface area contributed by atoms with Gasteiger partial charge in [0.05, 0.1) is 0 Å². The Morgan fingerprint density at radius 3 is 1.00 bits per heavy atom. The molecule has 0 aliphatic carbocycles. The highest BCUT2D eigenvalue weighted by Crippen LogP contribution is 1.42. The molecule has 0 rings (SSSR count). The highest BCUT2D eigenvalue weighted by Gasteiger charge is 1.70. The van der Waals surface area contributed by atoms with Crippen LogP contribution in [0.4, 0.5) is 4.79 Å². The van der Waals surface area contributed by atoms with Crippen molar-refractivity contribution in [3.8, 4) is 0 Å². The van der Waals surface area contributed by atoms with E-state index in [0.29, 0.717) is 0 Å². The average molecular weight is 126 g/mol. The predicted octanol–water partition coefficient (Wildman–Crippen LogP) is -0.561. The molecular formula is C3H10O5. The van der Waals surface area contributed by atoms with Gasteiger partial charge in [-0.3, -0.25) is 0 Å². The van der Waals surface area contributed by atoms with E-state index < -0.39 is 6.16 Å². The number of aliphatic hydroxyl groups is 2. The van der Waals surface area contributed by atoms with Gasteiger partial charge in [-0.2, -0.15) is 0 Å². The van der Waals surface area contributed by atoms with E-state index in [-0.39, 0.29) is 0 Å². The summed E-state index contributed by atoms with van der Waals surface area (Å²) in [5, 5.41) is 27.9. The lowest BCUT2D eigenvalue weighted by Gasteiger charge is -1.60. The van der Waals surface area contributed by atoms with Crippen LogP contribution < -0.4 is 0 Å². The summed E-state index contributed by atoms with van der Waals surface area (Å²) in [6, 6.07) is 0. The van der Waals surface area contributed by atoms with Crippen LogP contribution in [0.25, 0.3) is 0 Å². The smallest absolute Gasteiger partial charge is 0.450 e. The van der Waals surface area contributed by atoms with E-state index in [2.05, 4.69) is 0 Å². The largest absolute Gasteiger partial charge is 0.503 e. The predicted molar refractivity (Wildman–Crippen MR) is 26.9 cm³/mol. The van der Waals surface area contributed by atoms with E-state index in [9.17, 15) is 0 Å². The molecule has 5 nitrogen and oxygen atoms in total. The third-order valence-corrected chi connectivity index (χ3v) is 0. The minimum Gasteiger partial charge on any atom is -0.450 e. The molecule has 0 radical (unpaired) electrons. The van der Waals surface area contributed by atoms with Crippen molar-refractivity contribution in [2.75, 3.05) is 14.2 Å². The molecule has 0 atom stereocenters. The first-order chi connectivity index (χ1) is 3.73. The second kappa shape index (κ2) is 34.8. The second-order valence-electron chi connectivity index (χ2n) is 0.283. The Balaban J connectivity index is -0.0000000542. The van der Waals surface area contributed by atoms with Crippen molar-refractivity contribution < 1.29 is 25.2 Å². The first kappa shape index (κ1) is 15.7. The van der Waals surface area contributed by atoms with Crippen molar-refractivity contribution in [2.24, 2.45) is 0 Å². The lowest BCUT2D eigenvalue weighted by atomic mass is 11.5. The highest BCUT2D eigenvalue weighted by atomic mass is 16.6. The quantitative estimate of drug-likeness (QED) is 0.348. The number of hydrogen-bond acceptors (Lipinski definition) is 3. The molecule has 0 saturated heterocycles. The summed E-state index contributed by atoms with van der Waals surface area (Å²) in [4.78, 5) is 8.56. The van der Waals surface area contributed by atoms with Gasteiger partial charge in [-0.05, 0) is 0 Å². The lowest BCUT2D eigenvalue weighted by Crippen LogP contribution is -1.81. The fourth-order valence-corrected chi connectivity index (χ4v) is 0. The van der Waals surface area contributed by atoms with E-state index in [1.165, 1.54) is 0 Å². The van der Waals surface area contributed by atoms with Crippen LogP contribution in [0, 0.1) is 0 Å². The van der Waals surface area contributed by atoms with Crippen LogP contribution in [0.5, 0.6) is 0 Å².